The highest BCUT2D eigenvalue weighted by Crippen LogP contribution is 2.05. The summed E-state index contributed by atoms with van der Waals surface area (Å²) in [6.07, 6.45) is 2.62. The largest absolute Gasteiger partial charge is 0.506 e. The highest BCUT2D eigenvalue weighted by molar-refractivity contribution is 5.91. The lowest BCUT2D eigenvalue weighted by Crippen LogP contribution is -2.29. The van der Waals surface area contributed by atoms with E-state index < -0.39 is 0 Å². The molecule has 3 N–H and O–H groups in total. The molecular weight excluding hydrogens is 218 g/mol. The molecule has 1 aliphatic heterocycles. The summed E-state index contributed by atoms with van der Waals surface area (Å²) in [5.74, 6) is -0.206. The van der Waals surface area contributed by atoms with Crippen molar-refractivity contribution in [1.29, 1.82) is 0 Å². The van der Waals surface area contributed by atoms with E-state index in [1.165, 1.54) is 44.9 Å². The molecular formula is C12H21N3O2. The summed E-state index contributed by atoms with van der Waals surface area (Å²) in [5.41, 5.74) is 0.297. The van der Waals surface area contributed by atoms with Crippen molar-refractivity contribution in [3.05, 3.63) is 24.0 Å². The van der Waals surface area contributed by atoms with Gasteiger partial charge in [-0.2, -0.15) is 0 Å². The molecule has 1 aromatic rings. The Bertz CT molecular complexity index is 304. The van der Waals surface area contributed by atoms with Gasteiger partial charge in [-0.15, -0.1) is 0 Å². The molecule has 0 aliphatic carbocycles. The summed E-state index contributed by atoms with van der Waals surface area (Å²) >= 11 is 0. The monoisotopic (exact) mass is 239 g/mol. The number of hydrogen-bond donors (Lipinski definition) is 3. The third-order valence-corrected chi connectivity index (χ3v) is 1.91. The Kier molecular flexibility index (Phi) is 8.68. The molecule has 1 aromatic heterocycles. The number of nitrogens with zero attached hydrogens (tertiary/aromatic N) is 1. The van der Waals surface area contributed by atoms with E-state index in [9.17, 15) is 4.79 Å². The summed E-state index contributed by atoms with van der Waals surface area (Å²) in [6.45, 7) is 6.50. The molecule has 96 valence electrons. The van der Waals surface area contributed by atoms with Gasteiger partial charge in [0.15, 0.2) is 0 Å². The molecule has 0 aromatic carbocycles. The van der Waals surface area contributed by atoms with Crippen LogP contribution in [0.4, 0.5) is 0 Å². The van der Waals surface area contributed by atoms with E-state index in [1.54, 1.807) is 0 Å². The number of rotatable bonds is 1. The lowest BCUT2D eigenvalue weighted by Gasteiger charge is -2.09. The molecule has 1 saturated heterocycles. The van der Waals surface area contributed by atoms with Crippen LogP contribution in [-0.4, -0.2) is 36.1 Å². The summed E-state index contributed by atoms with van der Waals surface area (Å²) in [6, 6.07) is 2.87. The Balaban J connectivity index is 0.000000353. The second-order valence-corrected chi connectivity index (χ2v) is 3.08. The second-order valence-electron chi connectivity index (χ2n) is 3.08. The lowest BCUT2D eigenvalue weighted by molar-refractivity contribution is 0.0958. The average Bonchev–Trinajstić information content (AvgIpc) is 2.29. The first kappa shape index (κ1) is 15.4. The lowest BCUT2D eigenvalue weighted by atomic mass is 10.3. The van der Waals surface area contributed by atoms with Gasteiger partial charge in [0.1, 0.15) is 11.4 Å². The normalized spacial score (nSPS) is 11.9. The summed E-state index contributed by atoms with van der Waals surface area (Å²) in [7, 11) is 1.52. The number of carbonyl (C=O) groups is 1. The van der Waals surface area contributed by atoms with Gasteiger partial charge in [-0.3, -0.25) is 4.79 Å². The van der Waals surface area contributed by atoms with Crippen molar-refractivity contribution < 1.29 is 9.90 Å². The standard InChI is InChI=1S/C7H8N2O2.C3H7N.C2H6/c1-8-7(11)6-3-2-5(10)4-9-6;1-2-4-3-1;1-2/h2-4,10H,1H3,(H,8,11);4H,1-3H2;1-2H3. The van der Waals surface area contributed by atoms with Gasteiger partial charge in [0, 0.05) is 7.05 Å². The first-order valence-electron chi connectivity index (χ1n) is 5.82. The van der Waals surface area contributed by atoms with E-state index >= 15 is 0 Å². The Morgan fingerprint density at radius 2 is 1.94 bits per heavy atom. The van der Waals surface area contributed by atoms with E-state index in [2.05, 4.69) is 15.6 Å². The number of hydrogen-bond acceptors (Lipinski definition) is 4. The Morgan fingerprint density at radius 3 is 2.24 bits per heavy atom. The van der Waals surface area contributed by atoms with E-state index in [4.69, 9.17) is 5.11 Å². The van der Waals surface area contributed by atoms with Gasteiger partial charge in [-0.25, -0.2) is 4.98 Å². The highest BCUT2D eigenvalue weighted by atomic mass is 16.3. The molecule has 2 heterocycles. The quantitative estimate of drug-likeness (QED) is 0.687. The van der Waals surface area contributed by atoms with E-state index in [0.717, 1.165) is 0 Å². The van der Waals surface area contributed by atoms with E-state index in [1.807, 2.05) is 13.8 Å². The maximum atomic E-state index is 10.9. The van der Waals surface area contributed by atoms with Crippen LogP contribution in [0, 0.1) is 0 Å². The van der Waals surface area contributed by atoms with Gasteiger partial charge in [-0.1, -0.05) is 13.8 Å². The van der Waals surface area contributed by atoms with Crippen LogP contribution in [0.15, 0.2) is 18.3 Å². The van der Waals surface area contributed by atoms with Gasteiger partial charge in [0.25, 0.3) is 5.91 Å². The average molecular weight is 239 g/mol. The third kappa shape index (κ3) is 6.52. The minimum absolute atomic E-state index is 0.0534. The predicted octanol–water partition coefficient (Wildman–Crippen LogP) is 1.15. The third-order valence-electron chi connectivity index (χ3n) is 1.91. The fourth-order valence-electron chi connectivity index (χ4n) is 0.825. The number of pyridine rings is 1. The molecule has 0 atom stereocenters. The Hall–Kier alpha value is -1.62. The zero-order valence-electron chi connectivity index (χ0n) is 10.7. The van der Waals surface area contributed by atoms with Crippen molar-refractivity contribution in [3.8, 4) is 5.75 Å². The molecule has 0 bridgehead atoms. The molecule has 5 nitrogen and oxygen atoms in total. The fraction of sp³-hybridized carbons (Fsp3) is 0.500. The predicted molar refractivity (Wildman–Crippen MR) is 68.1 cm³/mol. The van der Waals surface area contributed by atoms with Gasteiger partial charge in [0.2, 0.25) is 0 Å². The molecule has 1 amide bonds. The number of aromatic hydroxyl groups is 1. The van der Waals surface area contributed by atoms with Gasteiger partial charge < -0.3 is 15.7 Å². The maximum absolute atomic E-state index is 10.9. The van der Waals surface area contributed by atoms with Crippen LogP contribution in [0.5, 0.6) is 5.75 Å². The number of amides is 1. The van der Waals surface area contributed by atoms with E-state index in [0.29, 0.717) is 5.69 Å². The van der Waals surface area contributed by atoms with Gasteiger partial charge in [0.05, 0.1) is 6.20 Å². The topological polar surface area (TPSA) is 74.2 Å². The number of nitrogens with one attached hydrogen (secondary N) is 2. The van der Waals surface area contributed by atoms with Crippen molar-refractivity contribution in [2.75, 3.05) is 20.1 Å². The number of carbonyl (C=O) groups excluding carboxylic acids is 1. The smallest absolute Gasteiger partial charge is 0.269 e. The van der Waals surface area contributed by atoms with Crippen molar-refractivity contribution in [1.82, 2.24) is 15.6 Å². The van der Waals surface area contributed by atoms with Gasteiger partial charge in [-0.05, 0) is 31.6 Å². The minimum atomic E-state index is -0.259. The van der Waals surface area contributed by atoms with Gasteiger partial charge >= 0.3 is 0 Å². The van der Waals surface area contributed by atoms with Crippen LogP contribution in [0.1, 0.15) is 30.8 Å². The van der Waals surface area contributed by atoms with Crippen LogP contribution in [0.2, 0.25) is 0 Å². The SMILES string of the molecule is C1CNC1.CC.CNC(=O)c1ccc(O)cn1. The van der Waals surface area contributed by atoms with Crippen molar-refractivity contribution >= 4 is 5.91 Å². The van der Waals surface area contributed by atoms with Crippen LogP contribution in [0.3, 0.4) is 0 Å². The summed E-state index contributed by atoms with van der Waals surface area (Å²) in [4.78, 5) is 14.6. The Morgan fingerprint density at radius 1 is 1.41 bits per heavy atom. The molecule has 2 rings (SSSR count). The van der Waals surface area contributed by atoms with Crippen LogP contribution >= 0.6 is 0 Å². The zero-order chi connectivity index (χ0) is 13.1. The summed E-state index contributed by atoms with van der Waals surface area (Å²) < 4.78 is 0. The fourth-order valence-corrected chi connectivity index (χ4v) is 0.825. The maximum Gasteiger partial charge on any atom is 0.269 e. The molecule has 0 unspecified atom stereocenters. The van der Waals surface area contributed by atoms with Crippen molar-refractivity contribution in [2.45, 2.75) is 20.3 Å². The molecule has 17 heavy (non-hydrogen) atoms. The highest BCUT2D eigenvalue weighted by Gasteiger charge is 2.02. The molecule has 5 heteroatoms. The second kappa shape index (κ2) is 9.59. The van der Waals surface area contributed by atoms with E-state index in [-0.39, 0.29) is 11.7 Å². The zero-order valence-corrected chi connectivity index (χ0v) is 10.7. The van der Waals surface area contributed by atoms with Crippen LogP contribution < -0.4 is 10.6 Å². The van der Waals surface area contributed by atoms with Crippen molar-refractivity contribution in [2.24, 2.45) is 0 Å². The van der Waals surface area contributed by atoms with Crippen LogP contribution in [-0.2, 0) is 0 Å². The first-order chi connectivity index (χ1) is 8.24. The molecule has 1 fully saturated rings. The molecule has 0 radical (unpaired) electrons. The van der Waals surface area contributed by atoms with Crippen LogP contribution in [0.25, 0.3) is 0 Å². The first-order valence-corrected chi connectivity index (χ1v) is 5.82. The summed E-state index contributed by atoms with van der Waals surface area (Å²) in [5, 5.41) is 14.3. The Labute approximate surface area is 102 Å². The number of aromatic nitrogens is 1. The molecule has 1 aliphatic rings. The molecule has 0 saturated carbocycles. The van der Waals surface area contributed by atoms with Crippen molar-refractivity contribution in [3.63, 3.8) is 0 Å². The molecule has 0 spiro atoms. The minimum Gasteiger partial charge on any atom is -0.506 e.